The summed E-state index contributed by atoms with van der Waals surface area (Å²) < 4.78 is 5.61. The highest BCUT2D eigenvalue weighted by atomic mass is 32.1. The SMILES string of the molecule is O=C(C=CC1=Cc2ccccc2OC1)Nc1nccs1. The van der Waals surface area contributed by atoms with E-state index in [2.05, 4.69) is 10.3 Å². The van der Waals surface area contributed by atoms with Crippen LogP contribution in [-0.4, -0.2) is 17.5 Å². The van der Waals surface area contributed by atoms with Crippen molar-refractivity contribution >= 4 is 28.5 Å². The highest BCUT2D eigenvalue weighted by Gasteiger charge is 2.08. The number of carbonyl (C=O) groups excluding carboxylic acids is 1. The number of fused-ring (bicyclic) bond motifs is 1. The van der Waals surface area contributed by atoms with Crippen molar-refractivity contribution in [2.75, 3.05) is 11.9 Å². The first-order valence-electron chi connectivity index (χ1n) is 6.12. The van der Waals surface area contributed by atoms with Crippen molar-refractivity contribution in [1.29, 1.82) is 0 Å². The molecule has 4 nitrogen and oxygen atoms in total. The predicted molar refractivity (Wildman–Crippen MR) is 79.8 cm³/mol. The average molecular weight is 284 g/mol. The number of para-hydroxylation sites is 1. The normalized spacial score (nSPS) is 13.5. The Labute approximate surface area is 120 Å². The maximum absolute atomic E-state index is 11.7. The topological polar surface area (TPSA) is 51.2 Å². The highest BCUT2D eigenvalue weighted by molar-refractivity contribution is 7.13. The summed E-state index contributed by atoms with van der Waals surface area (Å²) in [6, 6.07) is 7.81. The molecule has 0 bridgehead atoms. The number of nitrogens with one attached hydrogen (secondary N) is 1. The van der Waals surface area contributed by atoms with Crippen LogP contribution in [0.15, 0.2) is 53.6 Å². The van der Waals surface area contributed by atoms with Crippen molar-refractivity contribution in [1.82, 2.24) is 4.98 Å². The van der Waals surface area contributed by atoms with Gasteiger partial charge in [0.25, 0.3) is 0 Å². The van der Waals surface area contributed by atoms with Gasteiger partial charge in [-0.05, 0) is 17.7 Å². The third kappa shape index (κ3) is 2.95. The lowest BCUT2D eigenvalue weighted by Crippen LogP contribution is -2.09. The summed E-state index contributed by atoms with van der Waals surface area (Å²) in [4.78, 5) is 15.7. The van der Waals surface area contributed by atoms with Crippen LogP contribution in [-0.2, 0) is 4.79 Å². The van der Waals surface area contributed by atoms with Gasteiger partial charge in [-0.1, -0.05) is 24.3 Å². The quantitative estimate of drug-likeness (QED) is 0.881. The average Bonchev–Trinajstić information content (AvgIpc) is 2.98. The lowest BCUT2D eigenvalue weighted by atomic mass is 10.1. The van der Waals surface area contributed by atoms with E-state index < -0.39 is 0 Å². The Bertz CT molecular complexity index is 675. The van der Waals surface area contributed by atoms with Crippen LogP contribution in [0, 0.1) is 0 Å². The predicted octanol–water partition coefficient (Wildman–Crippen LogP) is 3.11. The van der Waals surface area contributed by atoms with Crippen LogP contribution in [0.2, 0.25) is 0 Å². The van der Waals surface area contributed by atoms with E-state index in [1.165, 1.54) is 17.4 Å². The van der Waals surface area contributed by atoms with Crippen LogP contribution in [0.4, 0.5) is 5.13 Å². The van der Waals surface area contributed by atoms with Crippen molar-refractivity contribution in [2.24, 2.45) is 0 Å². The van der Waals surface area contributed by atoms with Crippen LogP contribution < -0.4 is 10.1 Å². The van der Waals surface area contributed by atoms with Gasteiger partial charge in [-0.15, -0.1) is 11.3 Å². The third-order valence-electron chi connectivity index (χ3n) is 2.77. The lowest BCUT2D eigenvalue weighted by molar-refractivity contribution is -0.111. The van der Waals surface area contributed by atoms with Gasteiger partial charge in [0, 0.05) is 23.2 Å². The molecule has 1 aromatic heterocycles. The number of hydrogen-bond acceptors (Lipinski definition) is 4. The Morgan fingerprint density at radius 2 is 2.30 bits per heavy atom. The first kappa shape index (κ1) is 12.6. The Hall–Kier alpha value is -2.40. The van der Waals surface area contributed by atoms with Crippen LogP contribution in [0.5, 0.6) is 5.75 Å². The molecule has 1 aliphatic rings. The van der Waals surface area contributed by atoms with Gasteiger partial charge in [0.2, 0.25) is 5.91 Å². The van der Waals surface area contributed by atoms with Crippen molar-refractivity contribution in [2.45, 2.75) is 0 Å². The molecule has 100 valence electrons. The van der Waals surface area contributed by atoms with Crippen LogP contribution >= 0.6 is 11.3 Å². The summed E-state index contributed by atoms with van der Waals surface area (Å²) >= 11 is 1.39. The van der Waals surface area contributed by atoms with Gasteiger partial charge in [0.1, 0.15) is 12.4 Å². The molecule has 0 saturated carbocycles. The van der Waals surface area contributed by atoms with Gasteiger partial charge < -0.3 is 4.74 Å². The van der Waals surface area contributed by atoms with Gasteiger partial charge in [-0.25, -0.2) is 4.98 Å². The number of rotatable bonds is 3. The van der Waals surface area contributed by atoms with E-state index >= 15 is 0 Å². The minimum Gasteiger partial charge on any atom is -0.488 e. The maximum Gasteiger partial charge on any atom is 0.250 e. The molecule has 0 radical (unpaired) electrons. The van der Waals surface area contributed by atoms with E-state index in [0.717, 1.165) is 16.9 Å². The minimum atomic E-state index is -0.195. The molecule has 0 saturated heterocycles. The second-order valence-corrected chi connectivity index (χ2v) is 5.10. The molecule has 1 aromatic carbocycles. The standard InChI is InChI=1S/C15H12N2O2S/c18-14(17-15-16-7-8-20-15)6-5-11-9-12-3-1-2-4-13(12)19-10-11/h1-9H,10H2,(H,16,17,18). The van der Waals surface area contributed by atoms with Gasteiger partial charge in [0.05, 0.1) is 0 Å². The van der Waals surface area contributed by atoms with E-state index in [1.54, 1.807) is 12.3 Å². The van der Waals surface area contributed by atoms with Crippen molar-refractivity contribution in [3.63, 3.8) is 0 Å². The summed E-state index contributed by atoms with van der Waals surface area (Å²) in [7, 11) is 0. The van der Waals surface area contributed by atoms with Crippen molar-refractivity contribution in [3.8, 4) is 5.75 Å². The monoisotopic (exact) mass is 284 g/mol. The molecule has 3 rings (SSSR count). The second kappa shape index (κ2) is 5.71. The van der Waals surface area contributed by atoms with Crippen molar-refractivity contribution in [3.05, 3.63) is 59.1 Å². The largest absolute Gasteiger partial charge is 0.488 e. The smallest absolute Gasteiger partial charge is 0.250 e. The Balaban J connectivity index is 1.68. The molecule has 1 amide bonds. The molecule has 0 fully saturated rings. The molecule has 1 aliphatic heterocycles. The maximum atomic E-state index is 11.7. The highest BCUT2D eigenvalue weighted by Crippen LogP contribution is 2.25. The molecule has 0 spiro atoms. The first-order chi connectivity index (χ1) is 9.81. The summed E-state index contributed by atoms with van der Waals surface area (Å²) in [5.74, 6) is 0.677. The first-order valence-corrected chi connectivity index (χ1v) is 7.00. The van der Waals surface area contributed by atoms with Gasteiger partial charge in [-0.2, -0.15) is 0 Å². The molecule has 5 heteroatoms. The number of carbonyl (C=O) groups is 1. The number of benzene rings is 1. The Morgan fingerprint density at radius 3 is 3.15 bits per heavy atom. The third-order valence-corrected chi connectivity index (χ3v) is 3.45. The van der Waals surface area contributed by atoms with E-state index in [-0.39, 0.29) is 5.91 Å². The number of anilines is 1. The number of aromatic nitrogens is 1. The molecule has 0 aliphatic carbocycles. The number of thiazole rings is 1. The molecular weight excluding hydrogens is 272 g/mol. The summed E-state index contributed by atoms with van der Waals surface area (Å²) in [5, 5.41) is 5.10. The Morgan fingerprint density at radius 1 is 1.40 bits per heavy atom. The van der Waals surface area contributed by atoms with Gasteiger partial charge >= 0.3 is 0 Å². The fourth-order valence-electron chi connectivity index (χ4n) is 1.84. The lowest BCUT2D eigenvalue weighted by Gasteiger charge is -2.15. The number of ether oxygens (including phenoxy) is 1. The molecule has 0 unspecified atom stereocenters. The van der Waals surface area contributed by atoms with E-state index in [0.29, 0.717) is 11.7 Å². The fourth-order valence-corrected chi connectivity index (χ4v) is 2.38. The van der Waals surface area contributed by atoms with E-state index in [9.17, 15) is 4.79 Å². The second-order valence-electron chi connectivity index (χ2n) is 4.21. The zero-order chi connectivity index (χ0) is 13.8. The number of hydrogen-bond donors (Lipinski definition) is 1. The molecular formula is C15H12N2O2S. The van der Waals surface area contributed by atoms with Crippen molar-refractivity contribution < 1.29 is 9.53 Å². The molecule has 2 aromatic rings. The zero-order valence-corrected chi connectivity index (χ0v) is 11.4. The Kier molecular flexibility index (Phi) is 3.60. The van der Waals surface area contributed by atoms with Crippen LogP contribution in [0.1, 0.15) is 5.56 Å². The van der Waals surface area contributed by atoms with Gasteiger partial charge in [0.15, 0.2) is 5.13 Å². The van der Waals surface area contributed by atoms with Gasteiger partial charge in [-0.3, -0.25) is 10.1 Å². The van der Waals surface area contributed by atoms with Crippen LogP contribution in [0.25, 0.3) is 6.08 Å². The minimum absolute atomic E-state index is 0.195. The molecule has 2 heterocycles. The summed E-state index contributed by atoms with van der Waals surface area (Å²) in [6.07, 6.45) is 6.92. The molecule has 20 heavy (non-hydrogen) atoms. The summed E-state index contributed by atoms with van der Waals surface area (Å²) in [5.41, 5.74) is 1.98. The molecule has 0 atom stereocenters. The van der Waals surface area contributed by atoms with E-state index in [4.69, 9.17) is 4.74 Å². The zero-order valence-electron chi connectivity index (χ0n) is 10.6. The number of amides is 1. The van der Waals surface area contributed by atoms with Crippen LogP contribution in [0.3, 0.4) is 0 Å². The summed E-state index contributed by atoms with van der Waals surface area (Å²) in [6.45, 7) is 0.470. The van der Waals surface area contributed by atoms with E-state index in [1.807, 2.05) is 35.7 Å². The fraction of sp³-hybridized carbons (Fsp3) is 0.0667. The molecule has 1 N–H and O–H groups in total. The number of nitrogens with zero attached hydrogens (tertiary/aromatic N) is 1.